The molecule has 0 bridgehead atoms. The minimum absolute atomic E-state index is 0.119. The highest BCUT2D eigenvalue weighted by Crippen LogP contribution is 2.24. The monoisotopic (exact) mass is 483 g/mol. The van der Waals surface area contributed by atoms with Gasteiger partial charge in [-0.05, 0) is 42.7 Å². The second-order valence-electron chi connectivity index (χ2n) is 9.80. The average Bonchev–Trinajstić information content (AvgIpc) is 2.94. The molecule has 0 radical (unpaired) electrons. The van der Waals surface area contributed by atoms with E-state index in [1.165, 1.54) is 5.56 Å². The molecule has 36 heavy (non-hydrogen) atoms. The van der Waals surface area contributed by atoms with Crippen molar-refractivity contribution in [3.8, 4) is 11.8 Å². The fourth-order valence-corrected chi connectivity index (χ4v) is 5.28. The van der Waals surface area contributed by atoms with E-state index in [1.54, 1.807) is 12.4 Å². The van der Waals surface area contributed by atoms with E-state index >= 15 is 0 Å². The lowest BCUT2D eigenvalue weighted by atomic mass is 10.0. The second-order valence-corrected chi connectivity index (χ2v) is 9.80. The maximum atomic E-state index is 13.2. The van der Waals surface area contributed by atoms with Gasteiger partial charge in [0.1, 0.15) is 11.9 Å². The normalized spacial score (nSPS) is 19.6. The topological polar surface area (TPSA) is 72.7 Å². The molecule has 1 aromatic heterocycles. The number of nitrogens with zero attached hydrogens (tertiary/aromatic N) is 5. The number of pyridine rings is 1. The van der Waals surface area contributed by atoms with E-state index in [2.05, 4.69) is 45.3 Å². The quantitative estimate of drug-likeness (QED) is 0.623. The van der Waals surface area contributed by atoms with Crippen LogP contribution in [0.1, 0.15) is 36.8 Å². The number of hydrogen-bond donors (Lipinski definition) is 0. The smallest absolute Gasteiger partial charge is 0.255 e. The molecule has 4 heterocycles. The van der Waals surface area contributed by atoms with Crippen LogP contribution in [0.2, 0.25) is 0 Å². The van der Waals surface area contributed by atoms with E-state index in [0.717, 1.165) is 63.2 Å². The summed E-state index contributed by atoms with van der Waals surface area (Å²) in [6.07, 6.45) is 13.6. The van der Waals surface area contributed by atoms with Crippen molar-refractivity contribution < 1.29 is 9.53 Å². The number of carbonyl (C=O) groups excluding carboxylic acids is 1. The van der Waals surface area contributed by atoms with Crippen molar-refractivity contribution in [1.29, 1.82) is 5.26 Å². The summed E-state index contributed by atoms with van der Waals surface area (Å²) >= 11 is 0. The average molecular weight is 484 g/mol. The minimum atomic E-state index is 0.119. The zero-order valence-corrected chi connectivity index (χ0v) is 20.6. The summed E-state index contributed by atoms with van der Waals surface area (Å²) in [4.78, 5) is 24.1. The lowest BCUT2D eigenvalue weighted by Gasteiger charge is -2.39. The molecule has 1 aromatic carbocycles. The van der Waals surface area contributed by atoms with Crippen LogP contribution in [-0.4, -0.2) is 70.5 Å². The number of hydrogen-bond acceptors (Lipinski definition) is 6. The Morgan fingerprint density at radius 3 is 2.53 bits per heavy atom. The molecule has 2 aromatic rings. The SMILES string of the molecule is N#Cc1ccc(CN2CCC(N3C=C(C(=O)N4CCC(Oc5cccnc5)CC4)C=CC3)CC2)cc1. The van der Waals surface area contributed by atoms with Crippen molar-refractivity contribution in [1.82, 2.24) is 19.7 Å². The molecular formula is C29H33N5O2. The molecule has 0 N–H and O–H groups in total. The van der Waals surface area contributed by atoms with E-state index in [-0.39, 0.29) is 12.0 Å². The Morgan fingerprint density at radius 2 is 1.83 bits per heavy atom. The van der Waals surface area contributed by atoms with E-state index < -0.39 is 0 Å². The summed E-state index contributed by atoms with van der Waals surface area (Å²) in [5.74, 6) is 0.910. The van der Waals surface area contributed by atoms with Gasteiger partial charge in [0.25, 0.3) is 5.91 Å². The first-order valence-corrected chi connectivity index (χ1v) is 12.9. The second kappa shape index (κ2) is 11.4. The van der Waals surface area contributed by atoms with Crippen molar-refractivity contribution >= 4 is 5.91 Å². The fourth-order valence-electron chi connectivity index (χ4n) is 5.28. The molecule has 3 aliphatic heterocycles. The van der Waals surface area contributed by atoms with E-state index in [1.807, 2.05) is 35.2 Å². The van der Waals surface area contributed by atoms with Gasteiger partial charge in [0.15, 0.2) is 0 Å². The van der Waals surface area contributed by atoms with Crippen LogP contribution in [0.5, 0.6) is 5.75 Å². The number of piperidine rings is 2. The highest BCUT2D eigenvalue weighted by atomic mass is 16.5. The van der Waals surface area contributed by atoms with Gasteiger partial charge >= 0.3 is 0 Å². The van der Waals surface area contributed by atoms with Gasteiger partial charge in [-0.1, -0.05) is 24.3 Å². The Labute approximate surface area is 213 Å². The molecule has 0 aliphatic carbocycles. The van der Waals surface area contributed by atoms with E-state index in [4.69, 9.17) is 10.00 Å². The lowest BCUT2D eigenvalue weighted by Crippen LogP contribution is -2.45. The fraction of sp³-hybridized carbons (Fsp3) is 0.414. The maximum Gasteiger partial charge on any atom is 0.255 e. The van der Waals surface area contributed by atoms with Gasteiger partial charge in [0.2, 0.25) is 0 Å². The molecule has 3 aliphatic rings. The largest absolute Gasteiger partial charge is 0.489 e. The van der Waals surface area contributed by atoms with Gasteiger partial charge in [-0.3, -0.25) is 14.7 Å². The molecule has 2 fully saturated rings. The van der Waals surface area contributed by atoms with Crippen molar-refractivity contribution in [2.75, 3.05) is 32.7 Å². The summed E-state index contributed by atoms with van der Waals surface area (Å²) in [6, 6.07) is 14.3. The van der Waals surface area contributed by atoms with Crippen molar-refractivity contribution in [2.24, 2.45) is 0 Å². The van der Waals surface area contributed by atoms with Gasteiger partial charge in [0.05, 0.1) is 23.4 Å². The van der Waals surface area contributed by atoms with Crippen LogP contribution < -0.4 is 4.74 Å². The number of amides is 1. The zero-order chi connectivity index (χ0) is 24.7. The summed E-state index contributed by atoms with van der Waals surface area (Å²) in [5, 5.41) is 8.98. The molecule has 5 rings (SSSR count). The summed E-state index contributed by atoms with van der Waals surface area (Å²) in [5.41, 5.74) is 2.74. The molecule has 2 saturated heterocycles. The molecule has 7 heteroatoms. The Balaban J connectivity index is 1.10. The summed E-state index contributed by atoms with van der Waals surface area (Å²) in [7, 11) is 0. The predicted octanol–water partition coefficient (Wildman–Crippen LogP) is 3.74. The third-order valence-corrected chi connectivity index (χ3v) is 7.35. The number of aromatic nitrogens is 1. The van der Waals surface area contributed by atoms with Crippen LogP contribution in [0.3, 0.4) is 0 Å². The predicted molar refractivity (Wildman–Crippen MR) is 138 cm³/mol. The molecule has 7 nitrogen and oxygen atoms in total. The Kier molecular flexibility index (Phi) is 7.63. The molecule has 1 amide bonds. The van der Waals surface area contributed by atoms with Crippen molar-refractivity contribution in [3.05, 3.63) is 83.8 Å². The number of likely N-dealkylation sites (tertiary alicyclic amines) is 2. The Morgan fingerprint density at radius 1 is 1.06 bits per heavy atom. The first-order valence-electron chi connectivity index (χ1n) is 12.9. The molecule has 0 spiro atoms. The molecule has 0 atom stereocenters. The molecule has 0 saturated carbocycles. The van der Waals surface area contributed by atoms with Crippen LogP contribution in [0.25, 0.3) is 0 Å². The van der Waals surface area contributed by atoms with E-state index in [0.29, 0.717) is 24.7 Å². The standard InChI is InChI=1S/C29H33N5O2/c30-19-23-5-7-24(8-6-23)21-32-15-9-26(10-16-32)34-14-2-3-25(22-34)29(35)33-17-11-27(12-18-33)36-28-4-1-13-31-20-28/h1-8,13,20,22,26-27H,9-12,14-18,21H2. The first-order chi connectivity index (χ1) is 17.7. The summed E-state index contributed by atoms with van der Waals surface area (Å²) in [6.45, 7) is 5.26. The van der Waals surface area contributed by atoms with Gasteiger partial charge in [-0.15, -0.1) is 0 Å². The lowest BCUT2D eigenvalue weighted by molar-refractivity contribution is -0.128. The summed E-state index contributed by atoms with van der Waals surface area (Å²) < 4.78 is 6.03. The van der Waals surface area contributed by atoms with E-state index in [9.17, 15) is 4.79 Å². The number of ether oxygens (including phenoxy) is 1. The highest BCUT2D eigenvalue weighted by molar-refractivity contribution is 5.96. The molecule has 186 valence electrons. The van der Waals surface area contributed by atoms with Crippen molar-refractivity contribution in [2.45, 2.75) is 44.4 Å². The van der Waals surface area contributed by atoms with Crippen molar-refractivity contribution in [3.63, 3.8) is 0 Å². The van der Waals surface area contributed by atoms with Crippen LogP contribution in [0.15, 0.2) is 72.7 Å². The maximum absolute atomic E-state index is 13.2. The number of rotatable bonds is 6. The van der Waals surface area contributed by atoms with Crippen LogP contribution in [0, 0.1) is 11.3 Å². The minimum Gasteiger partial charge on any atom is -0.489 e. The number of benzene rings is 1. The van der Waals surface area contributed by atoms with Crippen LogP contribution >= 0.6 is 0 Å². The molecular weight excluding hydrogens is 450 g/mol. The third kappa shape index (κ3) is 5.95. The zero-order valence-electron chi connectivity index (χ0n) is 20.6. The van der Waals surface area contributed by atoms with Gasteiger partial charge in [-0.2, -0.15) is 5.26 Å². The van der Waals surface area contributed by atoms with Crippen LogP contribution in [-0.2, 0) is 11.3 Å². The third-order valence-electron chi connectivity index (χ3n) is 7.35. The van der Waals surface area contributed by atoms with Crippen LogP contribution in [0.4, 0.5) is 0 Å². The Bertz CT molecular complexity index is 1120. The van der Waals surface area contributed by atoms with Gasteiger partial charge in [0, 0.05) is 70.5 Å². The molecule has 0 unspecified atom stereocenters. The highest BCUT2D eigenvalue weighted by Gasteiger charge is 2.28. The first kappa shape index (κ1) is 24.1. The van der Waals surface area contributed by atoms with Gasteiger partial charge < -0.3 is 14.5 Å². The number of nitriles is 1. The van der Waals surface area contributed by atoms with Gasteiger partial charge in [-0.25, -0.2) is 0 Å². The Hall–Kier alpha value is -3.63. The number of carbonyl (C=O) groups is 1.